The molecule has 0 aliphatic carbocycles. The maximum atomic E-state index is 13.9. The van der Waals surface area contributed by atoms with Crippen molar-refractivity contribution in [2.24, 2.45) is 0 Å². The summed E-state index contributed by atoms with van der Waals surface area (Å²) in [6.07, 6.45) is 3.59. The van der Waals surface area contributed by atoms with Crippen LogP contribution in [0.1, 0.15) is 36.0 Å². The van der Waals surface area contributed by atoms with Crippen molar-refractivity contribution < 1.29 is 23.4 Å². The lowest BCUT2D eigenvalue weighted by Crippen LogP contribution is -2.47. The molecule has 0 radical (unpaired) electrons. The third kappa shape index (κ3) is 3.09. The molecular formula is C16H19FO4. The van der Waals surface area contributed by atoms with Gasteiger partial charge in [-0.3, -0.25) is 4.79 Å². The van der Waals surface area contributed by atoms with E-state index in [2.05, 4.69) is 0 Å². The third-order valence-corrected chi connectivity index (χ3v) is 4.26. The summed E-state index contributed by atoms with van der Waals surface area (Å²) in [6.45, 7) is 1.97. The lowest BCUT2D eigenvalue weighted by atomic mass is 9.85. The predicted octanol–water partition coefficient (Wildman–Crippen LogP) is 2.75. The van der Waals surface area contributed by atoms with Crippen LogP contribution in [0.5, 0.6) is 5.75 Å². The Bertz CT molecular complexity index is 505. The number of carbonyl (C=O) groups is 1. The van der Waals surface area contributed by atoms with Crippen LogP contribution in [0.4, 0.5) is 4.39 Å². The van der Waals surface area contributed by atoms with Gasteiger partial charge in [0, 0.05) is 26.1 Å². The largest absolute Gasteiger partial charge is 0.486 e. The van der Waals surface area contributed by atoms with Gasteiger partial charge >= 0.3 is 0 Å². The van der Waals surface area contributed by atoms with Crippen LogP contribution >= 0.6 is 0 Å². The molecule has 0 amide bonds. The monoisotopic (exact) mass is 294 g/mol. The Kier molecular flexibility index (Phi) is 4.22. The van der Waals surface area contributed by atoms with Gasteiger partial charge in [-0.05, 0) is 25.0 Å². The number of hydrogen-bond acceptors (Lipinski definition) is 4. The van der Waals surface area contributed by atoms with Crippen molar-refractivity contribution >= 4 is 6.29 Å². The van der Waals surface area contributed by atoms with Gasteiger partial charge in [0.05, 0.1) is 17.8 Å². The van der Waals surface area contributed by atoms with Crippen molar-refractivity contribution in [2.45, 2.75) is 37.4 Å². The summed E-state index contributed by atoms with van der Waals surface area (Å²) in [5, 5.41) is 0. The van der Waals surface area contributed by atoms with Crippen LogP contribution < -0.4 is 4.74 Å². The highest BCUT2D eigenvalue weighted by Gasteiger charge is 2.40. The average molecular weight is 294 g/mol. The van der Waals surface area contributed by atoms with E-state index in [1.165, 1.54) is 12.1 Å². The normalized spacial score (nSPS) is 24.7. The molecule has 1 atom stereocenters. The fraction of sp³-hybridized carbons (Fsp3) is 0.562. The van der Waals surface area contributed by atoms with Gasteiger partial charge in [-0.2, -0.15) is 0 Å². The van der Waals surface area contributed by atoms with Crippen molar-refractivity contribution in [3.8, 4) is 5.75 Å². The molecule has 1 aromatic carbocycles. The number of aldehydes is 1. The first-order valence-corrected chi connectivity index (χ1v) is 7.34. The Balaban J connectivity index is 1.74. The first kappa shape index (κ1) is 14.5. The first-order chi connectivity index (χ1) is 10.2. The van der Waals surface area contributed by atoms with Gasteiger partial charge in [0.1, 0.15) is 6.10 Å². The van der Waals surface area contributed by atoms with Gasteiger partial charge in [0.2, 0.25) is 0 Å². The second-order valence-corrected chi connectivity index (χ2v) is 5.65. The minimum atomic E-state index is -0.493. The third-order valence-electron chi connectivity index (χ3n) is 4.26. The standard InChI is InChI=1S/C16H19FO4/c17-14-3-1-2-12(11-18)15(14)21-13-4-7-20-16(10-13)5-8-19-9-6-16/h1-3,11,13H,4-10H2. The summed E-state index contributed by atoms with van der Waals surface area (Å²) in [4.78, 5) is 11.0. The topological polar surface area (TPSA) is 44.8 Å². The summed E-state index contributed by atoms with van der Waals surface area (Å²) in [6, 6.07) is 4.39. The second kappa shape index (κ2) is 6.12. The van der Waals surface area contributed by atoms with Crippen molar-refractivity contribution in [1.29, 1.82) is 0 Å². The molecule has 0 N–H and O–H groups in total. The zero-order valence-electron chi connectivity index (χ0n) is 11.8. The fourth-order valence-corrected chi connectivity index (χ4v) is 3.08. The molecule has 4 nitrogen and oxygen atoms in total. The Labute approximate surface area is 123 Å². The van der Waals surface area contributed by atoms with E-state index in [4.69, 9.17) is 14.2 Å². The van der Waals surface area contributed by atoms with Crippen molar-refractivity contribution in [3.05, 3.63) is 29.6 Å². The fourth-order valence-electron chi connectivity index (χ4n) is 3.08. The highest BCUT2D eigenvalue weighted by atomic mass is 19.1. The van der Waals surface area contributed by atoms with Crippen molar-refractivity contribution in [3.63, 3.8) is 0 Å². The summed E-state index contributed by atoms with van der Waals surface area (Å²) < 4.78 is 31.0. The molecule has 21 heavy (non-hydrogen) atoms. The van der Waals surface area contributed by atoms with Crippen molar-refractivity contribution in [1.82, 2.24) is 0 Å². The van der Waals surface area contributed by atoms with Crippen LogP contribution in [0.25, 0.3) is 0 Å². The van der Waals surface area contributed by atoms with Gasteiger partial charge < -0.3 is 14.2 Å². The maximum Gasteiger partial charge on any atom is 0.165 e. The number of ether oxygens (including phenoxy) is 3. The van der Waals surface area contributed by atoms with Gasteiger partial charge in [0.15, 0.2) is 17.9 Å². The smallest absolute Gasteiger partial charge is 0.165 e. The van der Waals surface area contributed by atoms with Crippen LogP contribution in [-0.2, 0) is 9.47 Å². The van der Waals surface area contributed by atoms with Crippen molar-refractivity contribution in [2.75, 3.05) is 19.8 Å². The molecule has 2 aliphatic heterocycles. The molecule has 114 valence electrons. The maximum absolute atomic E-state index is 13.9. The van der Waals surface area contributed by atoms with E-state index < -0.39 is 5.82 Å². The van der Waals surface area contributed by atoms with Crippen LogP contribution in [0.2, 0.25) is 0 Å². The first-order valence-electron chi connectivity index (χ1n) is 7.34. The molecule has 2 aliphatic rings. The number of para-hydroxylation sites is 1. The summed E-state index contributed by atoms with van der Waals surface area (Å²) >= 11 is 0. The Hall–Kier alpha value is -1.46. The highest BCUT2D eigenvalue weighted by molar-refractivity contribution is 5.79. The molecule has 2 saturated heterocycles. The molecule has 0 aromatic heterocycles. The number of halogens is 1. The molecule has 5 heteroatoms. The van der Waals surface area contributed by atoms with E-state index >= 15 is 0 Å². The van der Waals surface area contributed by atoms with E-state index in [0.29, 0.717) is 38.9 Å². The van der Waals surface area contributed by atoms with Crippen LogP contribution in [-0.4, -0.2) is 37.8 Å². The van der Waals surface area contributed by atoms with Gasteiger partial charge in [-0.15, -0.1) is 0 Å². The second-order valence-electron chi connectivity index (χ2n) is 5.65. The predicted molar refractivity (Wildman–Crippen MR) is 74.2 cm³/mol. The summed E-state index contributed by atoms with van der Waals surface area (Å²) in [5.74, 6) is -0.436. The molecule has 2 fully saturated rings. The summed E-state index contributed by atoms with van der Waals surface area (Å²) in [5.41, 5.74) is 0.0378. The molecule has 1 spiro atoms. The lowest BCUT2D eigenvalue weighted by molar-refractivity contribution is -0.156. The quantitative estimate of drug-likeness (QED) is 0.804. The highest BCUT2D eigenvalue weighted by Crippen LogP contribution is 2.36. The molecule has 2 heterocycles. The van der Waals surface area contributed by atoms with E-state index in [-0.39, 0.29) is 23.0 Å². The number of carbonyl (C=O) groups excluding carboxylic acids is 1. The Morgan fingerprint density at radius 2 is 2.10 bits per heavy atom. The zero-order valence-corrected chi connectivity index (χ0v) is 11.8. The number of benzene rings is 1. The Morgan fingerprint density at radius 1 is 1.29 bits per heavy atom. The van der Waals surface area contributed by atoms with Gasteiger partial charge in [0.25, 0.3) is 0 Å². The molecule has 0 saturated carbocycles. The number of rotatable bonds is 3. The van der Waals surface area contributed by atoms with E-state index in [9.17, 15) is 9.18 Å². The molecule has 1 unspecified atom stereocenters. The molecule has 3 rings (SSSR count). The van der Waals surface area contributed by atoms with Crippen LogP contribution in [0.15, 0.2) is 18.2 Å². The molecule has 1 aromatic rings. The lowest BCUT2D eigenvalue weighted by Gasteiger charge is -2.43. The Morgan fingerprint density at radius 3 is 2.86 bits per heavy atom. The van der Waals surface area contributed by atoms with Crippen LogP contribution in [0.3, 0.4) is 0 Å². The zero-order chi connectivity index (χ0) is 14.7. The van der Waals surface area contributed by atoms with E-state index in [1.54, 1.807) is 6.07 Å². The molecular weight excluding hydrogens is 275 g/mol. The van der Waals surface area contributed by atoms with Gasteiger partial charge in [-0.1, -0.05) is 6.07 Å². The average Bonchev–Trinajstić information content (AvgIpc) is 2.50. The SMILES string of the molecule is O=Cc1cccc(F)c1OC1CCOC2(CCOCC2)C1. The molecule has 0 bridgehead atoms. The minimum absolute atomic E-state index is 0.0570. The van der Waals surface area contributed by atoms with Crippen LogP contribution in [0, 0.1) is 5.82 Å². The number of hydrogen-bond donors (Lipinski definition) is 0. The van der Waals surface area contributed by atoms with E-state index in [0.717, 1.165) is 12.8 Å². The minimum Gasteiger partial charge on any atom is -0.486 e. The summed E-state index contributed by atoms with van der Waals surface area (Å²) in [7, 11) is 0. The van der Waals surface area contributed by atoms with Gasteiger partial charge in [-0.25, -0.2) is 4.39 Å². The van der Waals surface area contributed by atoms with E-state index in [1.807, 2.05) is 0 Å².